The summed E-state index contributed by atoms with van der Waals surface area (Å²) in [4.78, 5) is 24.3. The molecule has 1 aliphatic rings. The van der Waals surface area contributed by atoms with Gasteiger partial charge in [0.25, 0.3) is 0 Å². The summed E-state index contributed by atoms with van der Waals surface area (Å²) in [7, 11) is 0. The van der Waals surface area contributed by atoms with Gasteiger partial charge in [-0.1, -0.05) is 0 Å². The fraction of sp³-hybridized carbons (Fsp3) is 0.733. The SMILES string of the molecule is [CH2]CC(=C=O)N1CC[C@H](OCC(=O)OC(C)(C)C)C(N)C1. The number of allylic oxidation sites excluding steroid dienone is 1. The highest BCUT2D eigenvalue weighted by molar-refractivity contribution is 5.71. The Kier molecular flexibility index (Phi) is 6.40. The van der Waals surface area contributed by atoms with Gasteiger partial charge < -0.3 is 20.1 Å². The van der Waals surface area contributed by atoms with E-state index in [9.17, 15) is 9.59 Å². The molecule has 0 aromatic carbocycles. The van der Waals surface area contributed by atoms with Gasteiger partial charge in [0.05, 0.1) is 11.8 Å². The first kappa shape index (κ1) is 17.7. The molecular weight excluding hydrogens is 272 g/mol. The van der Waals surface area contributed by atoms with Gasteiger partial charge in [0.1, 0.15) is 18.1 Å². The molecule has 1 aliphatic heterocycles. The number of hydrogen-bond donors (Lipinski definition) is 1. The second-order valence-corrected chi connectivity index (χ2v) is 6.13. The zero-order valence-electron chi connectivity index (χ0n) is 13.1. The molecule has 1 saturated heterocycles. The van der Waals surface area contributed by atoms with E-state index in [1.807, 2.05) is 10.8 Å². The summed E-state index contributed by atoms with van der Waals surface area (Å²) in [6.45, 7) is 10.2. The number of piperidine rings is 1. The normalized spacial score (nSPS) is 22.6. The summed E-state index contributed by atoms with van der Waals surface area (Å²) in [5.41, 5.74) is 6.05. The lowest BCUT2D eigenvalue weighted by Crippen LogP contribution is -2.52. The van der Waals surface area contributed by atoms with E-state index < -0.39 is 11.6 Å². The maximum atomic E-state index is 11.6. The number of nitrogens with two attached hydrogens (primary N) is 1. The van der Waals surface area contributed by atoms with Gasteiger partial charge in [0.2, 0.25) is 0 Å². The third-order valence-electron chi connectivity index (χ3n) is 3.16. The number of rotatable bonds is 5. The Labute approximate surface area is 126 Å². The highest BCUT2D eigenvalue weighted by Crippen LogP contribution is 2.18. The zero-order valence-corrected chi connectivity index (χ0v) is 13.1. The number of carbonyl (C=O) groups is 1. The lowest BCUT2D eigenvalue weighted by atomic mass is 10.0. The van der Waals surface area contributed by atoms with Crippen LogP contribution < -0.4 is 5.73 Å². The van der Waals surface area contributed by atoms with Crippen LogP contribution in [-0.2, 0) is 19.1 Å². The lowest BCUT2D eigenvalue weighted by Gasteiger charge is -2.37. The van der Waals surface area contributed by atoms with Crippen LogP contribution in [0.15, 0.2) is 5.70 Å². The van der Waals surface area contributed by atoms with Gasteiger partial charge in [-0.3, -0.25) is 0 Å². The summed E-state index contributed by atoms with van der Waals surface area (Å²) in [5.74, 6) is 1.49. The summed E-state index contributed by atoms with van der Waals surface area (Å²) >= 11 is 0. The third-order valence-corrected chi connectivity index (χ3v) is 3.16. The zero-order chi connectivity index (χ0) is 16.0. The van der Waals surface area contributed by atoms with Gasteiger partial charge in [-0.2, -0.15) is 0 Å². The van der Waals surface area contributed by atoms with Crippen molar-refractivity contribution in [3.05, 3.63) is 12.6 Å². The Morgan fingerprint density at radius 2 is 2.14 bits per heavy atom. The van der Waals surface area contributed by atoms with Crippen LogP contribution >= 0.6 is 0 Å². The molecule has 0 saturated carbocycles. The van der Waals surface area contributed by atoms with E-state index in [4.69, 9.17) is 15.2 Å². The molecule has 0 aliphatic carbocycles. The van der Waals surface area contributed by atoms with Crippen molar-refractivity contribution in [2.45, 2.75) is 51.4 Å². The van der Waals surface area contributed by atoms with Crippen molar-refractivity contribution >= 4 is 11.9 Å². The van der Waals surface area contributed by atoms with Crippen LogP contribution in [0.2, 0.25) is 0 Å². The van der Waals surface area contributed by atoms with Gasteiger partial charge in [-0.25, -0.2) is 9.59 Å². The molecule has 1 fully saturated rings. The first-order valence-electron chi connectivity index (χ1n) is 7.14. The average molecular weight is 297 g/mol. The highest BCUT2D eigenvalue weighted by atomic mass is 16.6. The molecule has 2 N–H and O–H groups in total. The highest BCUT2D eigenvalue weighted by Gasteiger charge is 2.29. The molecule has 0 bridgehead atoms. The first-order valence-corrected chi connectivity index (χ1v) is 7.14. The van der Waals surface area contributed by atoms with E-state index in [2.05, 4.69) is 6.92 Å². The van der Waals surface area contributed by atoms with Crippen molar-refractivity contribution in [2.24, 2.45) is 5.73 Å². The Balaban J connectivity index is 2.43. The van der Waals surface area contributed by atoms with Gasteiger partial charge >= 0.3 is 5.97 Å². The minimum Gasteiger partial charge on any atom is -0.458 e. The number of ether oxygens (including phenoxy) is 2. The monoisotopic (exact) mass is 297 g/mol. The summed E-state index contributed by atoms with van der Waals surface area (Å²) < 4.78 is 10.7. The Bertz CT molecular complexity index is 410. The predicted octanol–water partition coefficient (Wildman–Crippen LogP) is 0.686. The molecule has 119 valence electrons. The molecule has 6 nitrogen and oxygen atoms in total. The molecule has 0 spiro atoms. The van der Waals surface area contributed by atoms with E-state index in [0.29, 0.717) is 31.6 Å². The quantitative estimate of drug-likeness (QED) is 0.594. The fourth-order valence-corrected chi connectivity index (χ4v) is 2.23. The van der Waals surface area contributed by atoms with Crippen LogP contribution in [0, 0.1) is 6.92 Å². The van der Waals surface area contributed by atoms with Crippen molar-refractivity contribution in [1.29, 1.82) is 0 Å². The molecular formula is C15H25N2O4. The number of carbonyl (C=O) groups excluding carboxylic acids is 2. The number of esters is 1. The van der Waals surface area contributed by atoms with Gasteiger partial charge in [0.15, 0.2) is 0 Å². The average Bonchev–Trinajstić information content (AvgIpc) is 2.37. The Morgan fingerprint density at radius 1 is 1.48 bits per heavy atom. The number of hydrogen-bond acceptors (Lipinski definition) is 6. The van der Waals surface area contributed by atoms with E-state index in [-0.39, 0.29) is 18.8 Å². The molecule has 0 aromatic heterocycles. The van der Waals surface area contributed by atoms with E-state index >= 15 is 0 Å². The summed E-state index contributed by atoms with van der Waals surface area (Å²) in [6, 6.07) is -0.268. The molecule has 2 atom stereocenters. The van der Waals surface area contributed by atoms with Crippen molar-refractivity contribution in [3.8, 4) is 0 Å². The summed E-state index contributed by atoms with van der Waals surface area (Å²) in [6.07, 6.45) is 0.820. The molecule has 21 heavy (non-hydrogen) atoms. The van der Waals surface area contributed by atoms with Crippen LogP contribution in [0.4, 0.5) is 0 Å². The summed E-state index contributed by atoms with van der Waals surface area (Å²) in [5, 5.41) is 0. The van der Waals surface area contributed by atoms with Crippen LogP contribution in [0.25, 0.3) is 0 Å². The Hall–Kier alpha value is -1.36. The molecule has 0 amide bonds. The van der Waals surface area contributed by atoms with Gasteiger partial charge in [-0.05, 0) is 40.5 Å². The van der Waals surface area contributed by atoms with E-state index in [1.165, 1.54) is 0 Å². The van der Waals surface area contributed by atoms with Crippen LogP contribution in [0.3, 0.4) is 0 Å². The maximum Gasteiger partial charge on any atom is 0.332 e. The van der Waals surface area contributed by atoms with E-state index in [1.54, 1.807) is 20.8 Å². The standard InChI is InChI=1S/C15H25N2O4/c1-5-11(9-18)17-7-6-13(12(16)8-17)20-10-14(19)21-15(2,3)4/h12-13H,1,5-8,10,16H2,2-4H3/t12?,13-/m0/s1. The number of nitrogens with zero attached hydrogens (tertiary/aromatic N) is 1. The predicted molar refractivity (Wildman–Crippen MR) is 78.9 cm³/mol. The van der Waals surface area contributed by atoms with Crippen molar-refractivity contribution in [3.63, 3.8) is 0 Å². The van der Waals surface area contributed by atoms with Gasteiger partial charge in [0, 0.05) is 19.1 Å². The number of likely N-dealkylation sites (tertiary alicyclic amines) is 1. The second-order valence-electron chi connectivity index (χ2n) is 6.13. The van der Waals surface area contributed by atoms with Crippen LogP contribution in [0.5, 0.6) is 0 Å². The molecule has 1 heterocycles. The van der Waals surface area contributed by atoms with Gasteiger partial charge in [-0.15, -0.1) is 0 Å². The van der Waals surface area contributed by atoms with Crippen molar-refractivity contribution in [1.82, 2.24) is 4.90 Å². The second kappa shape index (κ2) is 7.59. The topological polar surface area (TPSA) is 81.9 Å². The van der Waals surface area contributed by atoms with Crippen molar-refractivity contribution < 1.29 is 19.1 Å². The minimum absolute atomic E-state index is 0.110. The lowest BCUT2D eigenvalue weighted by molar-refractivity contribution is -0.163. The minimum atomic E-state index is -0.524. The van der Waals surface area contributed by atoms with Crippen molar-refractivity contribution in [2.75, 3.05) is 19.7 Å². The largest absolute Gasteiger partial charge is 0.458 e. The van der Waals surface area contributed by atoms with Crippen LogP contribution in [-0.4, -0.2) is 54.3 Å². The molecule has 1 rings (SSSR count). The first-order chi connectivity index (χ1) is 9.76. The fourth-order valence-electron chi connectivity index (χ4n) is 2.23. The third kappa shape index (κ3) is 5.87. The molecule has 1 unspecified atom stereocenters. The smallest absolute Gasteiger partial charge is 0.332 e. The van der Waals surface area contributed by atoms with E-state index in [0.717, 1.165) is 0 Å². The molecule has 0 aromatic rings. The molecule has 1 radical (unpaired) electrons. The van der Waals surface area contributed by atoms with Crippen LogP contribution in [0.1, 0.15) is 33.6 Å². The maximum absolute atomic E-state index is 11.6. The Morgan fingerprint density at radius 3 is 2.62 bits per heavy atom. The molecule has 6 heteroatoms.